The van der Waals surface area contributed by atoms with E-state index in [-0.39, 0.29) is 5.91 Å². The number of fused-ring (bicyclic) bond motifs is 1. The third-order valence-corrected chi connectivity index (χ3v) is 5.79. The van der Waals surface area contributed by atoms with E-state index in [1.54, 1.807) is 0 Å². The van der Waals surface area contributed by atoms with Gasteiger partial charge >= 0.3 is 0 Å². The van der Waals surface area contributed by atoms with Gasteiger partial charge in [0.05, 0.1) is 18.8 Å². The van der Waals surface area contributed by atoms with Gasteiger partial charge in [0.25, 0.3) is 5.91 Å². The third kappa shape index (κ3) is 3.51. The number of carbonyl (C=O) groups is 1. The summed E-state index contributed by atoms with van der Waals surface area (Å²) in [6.07, 6.45) is 4.36. The molecule has 0 N–H and O–H groups in total. The van der Waals surface area contributed by atoms with Crippen LogP contribution in [-0.4, -0.2) is 66.2 Å². The molecule has 1 aromatic heterocycles. The fourth-order valence-corrected chi connectivity index (χ4v) is 4.40. The summed E-state index contributed by atoms with van der Waals surface area (Å²) < 4.78 is 7.63. The predicted octanol–water partition coefficient (Wildman–Crippen LogP) is 2.85. The normalized spacial score (nSPS) is 22.0. The summed E-state index contributed by atoms with van der Waals surface area (Å²) in [5.41, 5.74) is 2.01. The Hall–Kier alpha value is -1.85. The maximum Gasteiger partial charge on any atom is 0.256 e. The highest BCUT2D eigenvalue weighted by Crippen LogP contribution is 2.25. The molecule has 3 heterocycles. The monoisotopic (exact) mass is 355 g/mol. The van der Waals surface area contributed by atoms with Crippen molar-refractivity contribution in [1.29, 1.82) is 0 Å². The average Bonchev–Trinajstić information content (AvgIpc) is 3.07. The Labute approximate surface area is 155 Å². The van der Waals surface area contributed by atoms with Gasteiger partial charge in [0.1, 0.15) is 0 Å². The zero-order valence-electron chi connectivity index (χ0n) is 15.7. The molecule has 1 aromatic carbocycles. The number of ether oxygens (including phenoxy) is 1. The van der Waals surface area contributed by atoms with Crippen LogP contribution in [0.15, 0.2) is 30.5 Å². The van der Waals surface area contributed by atoms with Crippen molar-refractivity contribution in [3.8, 4) is 0 Å². The lowest BCUT2D eigenvalue weighted by atomic mass is 9.96. The summed E-state index contributed by atoms with van der Waals surface area (Å²) in [4.78, 5) is 17.8. The summed E-state index contributed by atoms with van der Waals surface area (Å²) in [5.74, 6) is 0.769. The lowest BCUT2D eigenvalue weighted by Gasteiger charge is -2.36. The smallest absolute Gasteiger partial charge is 0.256 e. The summed E-state index contributed by atoms with van der Waals surface area (Å²) in [6.45, 7) is 9.57. The number of nitrogens with zero attached hydrogens (tertiary/aromatic N) is 3. The molecule has 0 aliphatic carbocycles. The van der Waals surface area contributed by atoms with Gasteiger partial charge in [-0.05, 0) is 31.7 Å². The molecule has 2 aliphatic heterocycles. The van der Waals surface area contributed by atoms with Gasteiger partial charge in [-0.2, -0.15) is 0 Å². The summed E-state index contributed by atoms with van der Waals surface area (Å²) in [7, 11) is 0. The summed E-state index contributed by atoms with van der Waals surface area (Å²) >= 11 is 0. The van der Waals surface area contributed by atoms with Gasteiger partial charge in [-0.25, -0.2) is 0 Å². The molecule has 2 aliphatic rings. The second-order valence-corrected chi connectivity index (χ2v) is 7.52. The molecule has 0 radical (unpaired) electrons. The molecule has 5 nitrogen and oxygen atoms in total. The quantitative estimate of drug-likeness (QED) is 0.846. The molecule has 4 rings (SSSR count). The van der Waals surface area contributed by atoms with Gasteiger partial charge in [0.2, 0.25) is 0 Å². The van der Waals surface area contributed by atoms with Crippen LogP contribution in [0.25, 0.3) is 10.9 Å². The number of aromatic nitrogens is 1. The van der Waals surface area contributed by atoms with E-state index in [4.69, 9.17) is 4.74 Å². The SMILES string of the molecule is CCn1cc(C(=O)N2CCCC(CN3CCOCC3)C2)c2ccccc21. The van der Waals surface area contributed by atoms with Crippen LogP contribution < -0.4 is 0 Å². The minimum atomic E-state index is 0.195. The molecule has 0 bridgehead atoms. The van der Waals surface area contributed by atoms with Crippen molar-refractivity contribution in [2.45, 2.75) is 26.3 Å². The zero-order valence-corrected chi connectivity index (χ0v) is 15.7. The molecule has 5 heteroatoms. The largest absolute Gasteiger partial charge is 0.379 e. The number of hydrogen-bond donors (Lipinski definition) is 0. The Morgan fingerprint density at radius 2 is 2.00 bits per heavy atom. The first-order valence-electron chi connectivity index (χ1n) is 9.93. The lowest BCUT2D eigenvalue weighted by Crippen LogP contribution is -2.46. The van der Waals surface area contributed by atoms with E-state index < -0.39 is 0 Å². The fraction of sp³-hybridized carbons (Fsp3) is 0.571. The number of amides is 1. The van der Waals surface area contributed by atoms with Crippen molar-refractivity contribution in [2.75, 3.05) is 45.9 Å². The first-order chi connectivity index (χ1) is 12.8. The molecule has 140 valence electrons. The van der Waals surface area contributed by atoms with Gasteiger partial charge in [0.15, 0.2) is 0 Å². The van der Waals surface area contributed by atoms with E-state index in [2.05, 4.69) is 33.4 Å². The van der Waals surface area contributed by atoms with Crippen LogP contribution in [0.3, 0.4) is 0 Å². The van der Waals surface area contributed by atoms with E-state index in [0.717, 1.165) is 75.4 Å². The number of hydrogen-bond acceptors (Lipinski definition) is 3. The Bertz CT molecular complexity index is 764. The number of morpholine rings is 1. The van der Waals surface area contributed by atoms with Crippen LogP contribution >= 0.6 is 0 Å². The first-order valence-corrected chi connectivity index (χ1v) is 9.93. The number of piperidine rings is 1. The Kier molecular flexibility index (Phi) is 5.27. The van der Waals surface area contributed by atoms with Crippen molar-refractivity contribution >= 4 is 16.8 Å². The molecule has 1 amide bonds. The number of likely N-dealkylation sites (tertiary alicyclic amines) is 1. The molecule has 1 unspecified atom stereocenters. The molecular formula is C21H29N3O2. The van der Waals surface area contributed by atoms with Gasteiger partial charge < -0.3 is 14.2 Å². The predicted molar refractivity (Wildman–Crippen MR) is 103 cm³/mol. The minimum absolute atomic E-state index is 0.195. The number of para-hydroxylation sites is 1. The van der Waals surface area contributed by atoms with E-state index in [1.165, 1.54) is 6.42 Å². The average molecular weight is 355 g/mol. The zero-order chi connectivity index (χ0) is 17.9. The van der Waals surface area contributed by atoms with Gasteiger partial charge in [-0.1, -0.05) is 18.2 Å². The second kappa shape index (κ2) is 7.80. The second-order valence-electron chi connectivity index (χ2n) is 7.52. The fourth-order valence-electron chi connectivity index (χ4n) is 4.40. The van der Waals surface area contributed by atoms with E-state index in [1.807, 2.05) is 18.3 Å². The molecule has 0 saturated carbocycles. The number of rotatable bonds is 4. The van der Waals surface area contributed by atoms with Crippen molar-refractivity contribution in [3.63, 3.8) is 0 Å². The third-order valence-electron chi connectivity index (χ3n) is 5.79. The molecule has 0 spiro atoms. The van der Waals surface area contributed by atoms with Gasteiger partial charge in [0, 0.05) is 56.4 Å². The topological polar surface area (TPSA) is 37.7 Å². The molecule has 2 aromatic rings. The van der Waals surface area contributed by atoms with E-state index >= 15 is 0 Å². The molecular weight excluding hydrogens is 326 g/mol. The van der Waals surface area contributed by atoms with E-state index in [0.29, 0.717) is 5.92 Å². The number of carbonyl (C=O) groups excluding carboxylic acids is 1. The lowest BCUT2D eigenvalue weighted by molar-refractivity contribution is 0.0224. The number of benzene rings is 1. The Balaban J connectivity index is 1.49. The molecule has 2 saturated heterocycles. The van der Waals surface area contributed by atoms with Crippen LogP contribution in [0, 0.1) is 5.92 Å². The molecule has 2 fully saturated rings. The highest BCUT2D eigenvalue weighted by Gasteiger charge is 2.28. The highest BCUT2D eigenvalue weighted by atomic mass is 16.5. The van der Waals surface area contributed by atoms with Crippen LogP contribution in [0.4, 0.5) is 0 Å². The maximum atomic E-state index is 13.3. The van der Waals surface area contributed by atoms with Crippen LogP contribution in [0.1, 0.15) is 30.1 Å². The number of aryl methyl sites for hydroxylation is 1. The Morgan fingerprint density at radius 1 is 1.19 bits per heavy atom. The van der Waals surface area contributed by atoms with Crippen molar-refractivity contribution in [2.24, 2.45) is 5.92 Å². The molecule has 26 heavy (non-hydrogen) atoms. The highest BCUT2D eigenvalue weighted by molar-refractivity contribution is 6.07. The van der Waals surface area contributed by atoms with Crippen molar-refractivity contribution in [3.05, 3.63) is 36.0 Å². The van der Waals surface area contributed by atoms with Crippen LogP contribution in [-0.2, 0) is 11.3 Å². The maximum absolute atomic E-state index is 13.3. The van der Waals surface area contributed by atoms with Crippen LogP contribution in [0.2, 0.25) is 0 Å². The van der Waals surface area contributed by atoms with Gasteiger partial charge in [-0.15, -0.1) is 0 Å². The Morgan fingerprint density at radius 3 is 2.81 bits per heavy atom. The van der Waals surface area contributed by atoms with Crippen LogP contribution in [0.5, 0.6) is 0 Å². The van der Waals surface area contributed by atoms with Crippen molar-refractivity contribution in [1.82, 2.24) is 14.4 Å². The minimum Gasteiger partial charge on any atom is -0.379 e. The summed E-state index contributed by atoms with van der Waals surface area (Å²) in [6, 6.07) is 8.25. The van der Waals surface area contributed by atoms with Gasteiger partial charge in [-0.3, -0.25) is 9.69 Å². The first kappa shape index (κ1) is 17.6. The standard InChI is InChI=1S/C21H29N3O2/c1-2-23-16-19(18-7-3-4-8-20(18)23)21(25)24-9-5-6-17(15-24)14-22-10-12-26-13-11-22/h3-4,7-8,16-17H,2,5-6,9-15H2,1H3. The van der Waals surface area contributed by atoms with Crippen molar-refractivity contribution < 1.29 is 9.53 Å². The van der Waals surface area contributed by atoms with E-state index in [9.17, 15) is 4.79 Å². The summed E-state index contributed by atoms with van der Waals surface area (Å²) in [5, 5.41) is 1.08. The molecule has 1 atom stereocenters.